The molecule has 13 nitrogen and oxygen atoms in total. The highest BCUT2D eigenvalue weighted by atomic mass is 32.7. The van der Waals surface area contributed by atoms with Gasteiger partial charge in [-0.15, -0.1) is 0 Å². The predicted octanol–water partition coefficient (Wildman–Crippen LogP) is 7.51. The second-order valence-electron chi connectivity index (χ2n) is 14.5. The molecule has 5 atom stereocenters. The molecule has 1 N–H and O–H groups in total. The van der Waals surface area contributed by atoms with Gasteiger partial charge in [-0.2, -0.15) is 0 Å². The van der Waals surface area contributed by atoms with Crippen LogP contribution in [0.2, 0.25) is 0 Å². The summed E-state index contributed by atoms with van der Waals surface area (Å²) in [5.41, 5.74) is 0.857. The molecule has 2 aliphatic rings. The van der Waals surface area contributed by atoms with Crippen molar-refractivity contribution in [2.24, 2.45) is 0 Å². The Hall–Kier alpha value is -4.28. The van der Waals surface area contributed by atoms with Crippen LogP contribution in [0.3, 0.4) is 0 Å². The smallest absolute Gasteiger partial charge is 0.330 e. The Balaban J connectivity index is 1.26. The maximum Gasteiger partial charge on any atom is 0.330 e. The van der Waals surface area contributed by atoms with Crippen molar-refractivity contribution in [3.8, 4) is 11.5 Å². The highest BCUT2D eigenvalue weighted by molar-refractivity contribution is 8.53. The molecule has 3 heterocycles. The van der Waals surface area contributed by atoms with Gasteiger partial charge < -0.3 is 32.9 Å². The molecule has 0 aliphatic carbocycles. The number of carbonyl (C=O) groups is 1. The van der Waals surface area contributed by atoms with E-state index in [4.69, 9.17) is 32.9 Å². The van der Waals surface area contributed by atoms with Gasteiger partial charge in [0, 0.05) is 49.5 Å². The van der Waals surface area contributed by atoms with Gasteiger partial charge in [0.15, 0.2) is 13.7 Å². The number of rotatable bonds is 21. The minimum absolute atomic E-state index is 0.00830. The first kappa shape index (κ1) is 45.7. The molecule has 2 saturated heterocycles. The number of aromatic nitrogens is 2. The molecular weight excluding hydrogens is 850 g/mol. The number of thioether (sulfide) groups is 1. The van der Waals surface area contributed by atoms with Gasteiger partial charge in [0.25, 0.3) is 5.56 Å². The molecule has 16 heteroatoms. The Morgan fingerprint density at radius 3 is 1.98 bits per heavy atom. The maximum atomic E-state index is 13.5. The third-order valence-corrected chi connectivity index (χ3v) is 15.9. The fourth-order valence-corrected chi connectivity index (χ4v) is 12.9. The van der Waals surface area contributed by atoms with Gasteiger partial charge in [-0.05, 0) is 53.8 Å². The fraction of sp³-hybridized carbons (Fsp3) is 0.370. The highest BCUT2D eigenvalue weighted by Crippen LogP contribution is 2.58. The largest absolute Gasteiger partial charge is 0.497 e. The number of hydrogen-bond acceptors (Lipinski definition) is 13. The van der Waals surface area contributed by atoms with Crippen molar-refractivity contribution in [3.63, 3.8) is 0 Å². The summed E-state index contributed by atoms with van der Waals surface area (Å²) in [6.07, 6.45) is 0.122. The molecule has 0 radical (unpaired) electrons. The standard InChI is InChI=1S/C46H52N3O10PS2/c1-53-28-29-56-42-41(59-60(48-25-10-11-26-48)62-31-30-61-44(51)33-12-6-4-7-13-33)39(58-43(42)49-27-24-40(50)47-45(49)52)32-57-46(34-14-8-5-9-15-34,35-16-20-37(54-2)21-17-35)36-18-22-38(55-3)23-19-36/h4-9,12-24,27,39,41-43H,10-11,25-26,28-32H2,1-3H3,(H,47,50,52)/t39-,41+,42?,43-,60?/m1/s1. The second kappa shape index (κ2) is 22.4. The summed E-state index contributed by atoms with van der Waals surface area (Å²) in [6, 6.07) is 36.1. The summed E-state index contributed by atoms with van der Waals surface area (Å²) < 4.78 is 48.3. The Bertz CT molecular complexity index is 2230. The topological polar surface area (TPSA) is 140 Å². The Labute approximate surface area is 371 Å². The minimum Gasteiger partial charge on any atom is -0.497 e. The Morgan fingerprint density at radius 1 is 0.774 bits per heavy atom. The molecule has 4 aromatic carbocycles. The molecule has 2 unspecified atom stereocenters. The Kier molecular flexibility index (Phi) is 16.5. The zero-order chi connectivity index (χ0) is 43.3. The molecule has 7 rings (SSSR count). The molecule has 62 heavy (non-hydrogen) atoms. The van der Waals surface area contributed by atoms with E-state index in [0.29, 0.717) is 28.6 Å². The first-order valence-corrected chi connectivity index (χ1v) is 24.3. The number of nitrogens with zero attached hydrogens (tertiary/aromatic N) is 2. The molecule has 2 fully saturated rings. The van der Waals surface area contributed by atoms with Crippen molar-refractivity contribution in [3.05, 3.63) is 165 Å². The summed E-state index contributed by atoms with van der Waals surface area (Å²) in [7, 11) is 3.54. The van der Waals surface area contributed by atoms with Crippen LogP contribution in [0.5, 0.6) is 11.5 Å². The van der Waals surface area contributed by atoms with Crippen molar-refractivity contribution in [2.45, 2.75) is 43.0 Å². The molecule has 1 aromatic heterocycles. The van der Waals surface area contributed by atoms with Crippen LogP contribution in [-0.2, 0) is 29.1 Å². The number of carbonyl (C=O) groups excluding carboxylic acids is 1. The van der Waals surface area contributed by atoms with Gasteiger partial charge in [-0.25, -0.2) is 4.79 Å². The summed E-state index contributed by atoms with van der Waals surface area (Å²) in [5.74, 6) is 2.64. The maximum absolute atomic E-state index is 13.5. The molecule has 0 bridgehead atoms. The number of H-pyrrole nitrogens is 1. The van der Waals surface area contributed by atoms with E-state index in [1.807, 2.05) is 109 Å². The quantitative estimate of drug-likeness (QED) is 0.0442. The number of ether oxygens (including phenoxy) is 6. The molecule has 0 saturated carbocycles. The van der Waals surface area contributed by atoms with Crippen molar-refractivity contribution in [2.75, 3.05) is 65.7 Å². The van der Waals surface area contributed by atoms with Gasteiger partial charge in [0.2, 0.25) is 5.12 Å². The molecule has 0 spiro atoms. The van der Waals surface area contributed by atoms with Crippen LogP contribution >= 0.6 is 30.6 Å². The van der Waals surface area contributed by atoms with Crippen molar-refractivity contribution >= 4 is 35.8 Å². The normalized spacial score (nSPS) is 19.7. The van der Waals surface area contributed by atoms with E-state index < -0.39 is 48.9 Å². The molecule has 2 aliphatic heterocycles. The van der Waals surface area contributed by atoms with Crippen molar-refractivity contribution < 1.29 is 37.7 Å². The van der Waals surface area contributed by atoms with Crippen molar-refractivity contribution in [1.82, 2.24) is 14.2 Å². The lowest BCUT2D eigenvalue weighted by Gasteiger charge is -2.38. The van der Waals surface area contributed by atoms with E-state index in [2.05, 4.69) is 9.65 Å². The van der Waals surface area contributed by atoms with Gasteiger partial charge in [0.1, 0.15) is 35.4 Å². The number of benzene rings is 4. The number of hydrogen-bond donors (Lipinski definition) is 1. The zero-order valence-electron chi connectivity index (χ0n) is 35.0. The molecular formula is C46H52N3O10PS2. The van der Waals surface area contributed by atoms with Crippen LogP contribution in [0, 0.1) is 0 Å². The molecule has 0 amide bonds. The lowest BCUT2D eigenvalue weighted by Crippen LogP contribution is -2.42. The average Bonchev–Trinajstić information content (AvgIpc) is 3.97. The van der Waals surface area contributed by atoms with Crippen LogP contribution in [0.25, 0.3) is 0 Å². The summed E-state index contributed by atoms with van der Waals surface area (Å²) >= 11 is 2.97. The number of aromatic amines is 1. The first-order chi connectivity index (χ1) is 30.3. The Morgan fingerprint density at radius 2 is 1.39 bits per heavy atom. The molecule has 328 valence electrons. The van der Waals surface area contributed by atoms with Crippen LogP contribution in [-0.4, -0.2) is 103 Å². The van der Waals surface area contributed by atoms with Crippen LogP contribution in [0.1, 0.15) is 46.1 Å². The van der Waals surface area contributed by atoms with E-state index in [9.17, 15) is 14.4 Å². The SMILES string of the molecule is COCCOC1[C@@H](OP(SCCSC(=O)c2ccccc2)N2CCCC2)[C@@H](COC(c2ccccc2)(c2ccc(OC)cc2)c2ccc(OC)cc2)O[C@H]1n1ccc(=O)[nH]c1=O. The summed E-state index contributed by atoms with van der Waals surface area (Å²) in [5, 5.41) is 0.0236. The summed E-state index contributed by atoms with van der Waals surface area (Å²) in [6.45, 7) is 2.17. The van der Waals surface area contributed by atoms with E-state index >= 15 is 0 Å². The number of methoxy groups -OCH3 is 3. The van der Waals surface area contributed by atoms with Gasteiger partial charge >= 0.3 is 5.69 Å². The van der Waals surface area contributed by atoms with Crippen LogP contribution in [0.4, 0.5) is 0 Å². The van der Waals surface area contributed by atoms with Gasteiger partial charge in [0.05, 0.1) is 34.0 Å². The highest BCUT2D eigenvalue weighted by Gasteiger charge is 2.51. The monoisotopic (exact) mass is 901 g/mol. The first-order valence-electron chi connectivity index (χ1n) is 20.5. The molecule has 5 aromatic rings. The van der Waals surface area contributed by atoms with Gasteiger partial charge in [-0.1, -0.05) is 108 Å². The lowest BCUT2D eigenvalue weighted by atomic mass is 9.80. The summed E-state index contributed by atoms with van der Waals surface area (Å²) in [4.78, 5) is 41.1. The second-order valence-corrected chi connectivity index (χ2v) is 19.2. The van der Waals surface area contributed by atoms with E-state index in [-0.39, 0.29) is 24.9 Å². The third-order valence-electron chi connectivity index (χ3n) is 10.7. The fourth-order valence-electron chi connectivity index (χ4n) is 7.60. The third kappa shape index (κ3) is 10.9. The zero-order valence-corrected chi connectivity index (χ0v) is 37.5. The number of nitrogens with one attached hydrogen (secondary N) is 1. The minimum atomic E-state index is -1.31. The predicted molar refractivity (Wildman–Crippen MR) is 243 cm³/mol. The van der Waals surface area contributed by atoms with Crippen LogP contribution in [0.15, 0.2) is 131 Å². The average molecular weight is 902 g/mol. The van der Waals surface area contributed by atoms with E-state index in [1.165, 1.54) is 28.6 Å². The van der Waals surface area contributed by atoms with E-state index in [1.54, 1.807) is 32.7 Å². The lowest BCUT2D eigenvalue weighted by molar-refractivity contribution is -0.0989. The van der Waals surface area contributed by atoms with Gasteiger partial charge in [-0.3, -0.25) is 23.8 Å². The van der Waals surface area contributed by atoms with E-state index in [0.717, 1.165) is 42.6 Å². The van der Waals surface area contributed by atoms with Crippen molar-refractivity contribution in [1.29, 1.82) is 0 Å². The van der Waals surface area contributed by atoms with Crippen LogP contribution < -0.4 is 20.7 Å².